The van der Waals surface area contributed by atoms with Crippen LogP contribution in [0.25, 0.3) is 0 Å². The molecule has 0 aliphatic rings. The van der Waals surface area contributed by atoms with Crippen LogP contribution in [0.3, 0.4) is 0 Å². The number of aromatic nitrogens is 2. The number of nitrogens with one attached hydrogen (secondary N) is 2. The molecule has 6 nitrogen and oxygen atoms in total. The van der Waals surface area contributed by atoms with Crippen molar-refractivity contribution in [1.82, 2.24) is 15.3 Å². The fourth-order valence-corrected chi connectivity index (χ4v) is 2.61. The van der Waals surface area contributed by atoms with Crippen LogP contribution in [0.5, 0.6) is 0 Å². The number of nitriles is 1. The number of amides is 1. The van der Waals surface area contributed by atoms with Crippen LogP contribution in [0.4, 0.5) is 16.0 Å². The molecule has 3 aromatic rings. The van der Waals surface area contributed by atoms with E-state index in [2.05, 4.69) is 26.7 Å². The number of carbonyl (C=O) groups excluding carboxylic acids is 1. The largest absolute Gasteiger partial charge is 0.350 e. The van der Waals surface area contributed by atoms with E-state index in [9.17, 15) is 14.4 Å². The number of nitrogens with zero attached hydrogens (tertiary/aromatic N) is 3. The van der Waals surface area contributed by atoms with E-state index in [1.54, 1.807) is 49.4 Å². The predicted molar refractivity (Wildman–Crippen MR) is 104 cm³/mol. The van der Waals surface area contributed by atoms with E-state index in [-0.39, 0.29) is 23.4 Å². The second-order valence-corrected chi connectivity index (χ2v) is 6.13. The standard InChI is InChI=1S/C21H18FN5O/c1-14-12-19(20(28)24-11-10-15-6-8-17(22)9-7-15)27-21(25-14)26-18-5-3-2-4-16(18)13-23/h2-9,12H,10-11H2,1H3,(H,24,28)(H,25,26,27). The van der Waals surface area contributed by atoms with Crippen LogP contribution in [-0.2, 0) is 6.42 Å². The summed E-state index contributed by atoms with van der Waals surface area (Å²) in [6.45, 7) is 2.16. The van der Waals surface area contributed by atoms with Crippen LogP contribution >= 0.6 is 0 Å². The summed E-state index contributed by atoms with van der Waals surface area (Å²) >= 11 is 0. The molecule has 1 heterocycles. The Morgan fingerprint density at radius 2 is 1.89 bits per heavy atom. The number of benzene rings is 2. The zero-order chi connectivity index (χ0) is 19.9. The molecule has 7 heteroatoms. The van der Waals surface area contributed by atoms with Crippen molar-refractivity contribution in [1.29, 1.82) is 5.26 Å². The molecule has 0 aliphatic carbocycles. The Balaban J connectivity index is 1.67. The highest BCUT2D eigenvalue weighted by Crippen LogP contribution is 2.18. The van der Waals surface area contributed by atoms with Gasteiger partial charge in [0, 0.05) is 12.2 Å². The number of halogens is 1. The molecule has 28 heavy (non-hydrogen) atoms. The van der Waals surface area contributed by atoms with Gasteiger partial charge in [-0.3, -0.25) is 4.79 Å². The molecule has 3 rings (SSSR count). The Bertz CT molecular complexity index is 1030. The zero-order valence-corrected chi connectivity index (χ0v) is 15.2. The normalized spacial score (nSPS) is 10.2. The van der Waals surface area contributed by atoms with Gasteiger partial charge >= 0.3 is 0 Å². The Labute approximate surface area is 162 Å². The molecule has 2 N–H and O–H groups in total. The SMILES string of the molecule is Cc1cc(C(=O)NCCc2ccc(F)cc2)nc(Nc2ccccc2C#N)n1. The molecule has 1 aromatic heterocycles. The first-order chi connectivity index (χ1) is 13.5. The number of anilines is 2. The van der Waals surface area contributed by atoms with E-state index in [1.165, 1.54) is 12.1 Å². The highest BCUT2D eigenvalue weighted by atomic mass is 19.1. The number of hydrogen-bond acceptors (Lipinski definition) is 5. The summed E-state index contributed by atoms with van der Waals surface area (Å²) in [5, 5.41) is 15.0. The summed E-state index contributed by atoms with van der Waals surface area (Å²) in [5.74, 6) is -0.377. The van der Waals surface area contributed by atoms with Gasteiger partial charge in [-0.25, -0.2) is 14.4 Å². The quantitative estimate of drug-likeness (QED) is 0.688. The minimum Gasteiger partial charge on any atom is -0.350 e. The molecule has 2 aromatic carbocycles. The summed E-state index contributed by atoms with van der Waals surface area (Å²) in [6, 6.07) is 16.8. The van der Waals surface area contributed by atoms with Gasteiger partial charge in [-0.15, -0.1) is 0 Å². The maximum Gasteiger partial charge on any atom is 0.270 e. The van der Waals surface area contributed by atoms with Crippen molar-refractivity contribution in [3.05, 3.63) is 82.9 Å². The van der Waals surface area contributed by atoms with Crippen molar-refractivity contribution in [2.75, 3.05) is 11.9 Å². The lowest BCUT2D eigenvalue weighted by atomic mass is 10.1. The van der Waals surface area contributed by atoms with Crippen molar-refractivity contribution in [2.24, 2.45) is 0 Å². The van der Waals surface area contributed by atoms with Gasteiger partial charge in [0.15, 0.2) is 0 Å². The fourth-order valence-electron chi connectivity index (χ4n) is 2.61. The van der Waals surface area contributed by atoms with E-state index in [0.717, 1.165) is 5.56 Å². The number of carbonyl (C=O) groups is 1. The monoisotopic (exact) mass is 375 g/mol. The molecule has 140 valence electrons. The highest BCUT2D eigenvalue weighted by Gasteiger charge is 2.11. The van der Waals surface area contributed by atoms with E-state index >= 15 is 0 Å². The average Bonchev–Trinajstić information content (AvgIpc) is 2.69. The maximum atomic E-state index is 12.9. The average molecular weight is 375 g/mol. The molecular weight excluding hydrogens is 357 g/mol. The second kappa shape index (κ2) is 8.73. The third-order valence-corrected chi connectivity index (χ3v) is 3.99. The van der Waals surface area contributed by atoms with E-state index < -0.39 is 0 Å². The molecule has 1 amide bonds. The summed E-state index contributed by atoms with van der Waals surface area (Å²) in [4.78, 5) is 21.0. The smallest absolute Gasteiger partial charge is 0.270 e. The number of para-hydroxylation sites is 1. The molecular formula is C21H18FN5O. The molecule has 0 spiro atoms. The molecule has 0 atom stereocenters. The molecule has 0 saturated heterocycles. The van der Waals surface area contributed by atoms with Gasteiger partial charge in [-0.1, -0.05) is 24.3 Å². The van der Waals surface area contributed by atoms with Gasteiger partial charge in [0.1, 0.15) is 17.6 Å². The molecule has 0 fully saturated rings. The molecule has 0 bridgehead atoms. The van der Waals surface area contributed by atoms with Gasteiger partial charge in [0.05, 0.1) is 11.3 Å². The first-order valence-corrected chi connectivity index (χ1v) is 8.69. The van der Waals surface area contributed by atoms with Crippen LogP contribution in [0.1, 0.15) is 27.3 Å². The van der Waals surface area contributed by atoms with Crippen molar-refractivity contribution >= 4 is 17.5 Å². The Hall–Kier alpha value is -3.79. The molecule has 0 aliphatic heterocycles. The van der Waals surface area contributed by atoms with Crippen LogP contribution in [0, 0.1) is 24.1 Å². The third kappa shape index (κ3) is 4.89. The number of rotatable bonds is 6. The number of aryl methyl sites for hydroxylation is 1. The minimum atomic E-state index is -0.329. The van der Waals surface area contributed by atoms with Crippen molar-refractivity contribution in [3.8, 4) is 6.07 Å². The first kappa shape index (κ1) is 19.0. The van der Waals surface area contributed by atoms with Gasteiger partial charge in [-0.05, 0) is 49.2 Å². The fraction of sp³-hybridized carbons (Fsp3) is 0.143. The van der Waals surface area contributed by atoms with Crippen LogP contribution < -0.4 is 10.6 Å². The number of hydrogen-bond donors (Lipinski definition) is 2. The van der Waals surface area contributed by atoms with E-state index in [0.29, 0.717) is 29.9 Å². The topological polar surface area (TPSA) is 90.7 Å². The summed E-state index contributed by atoms with van der Waals surface area (Å²) in [5.41, 5.74) is 2.80. The Kier molecular flexibility index (Phi) is 5.92. The maximum absolute atomic E-state index is 12.9. The predicted octanol–water partition coefficient (Wildman–Crippen LogP) is 3.51. The van der Waals surface area contributed by atoms with Crippen LogP contribution in [0.2, 0.25) is 0 Å². The summed E-state index contributed by atoms with van der Waals surface area (Å²) in [7, 11) is 0. The Morgan fingerprint density at radius 1 is 1.14 bits per heavy atom. The summed E-state index contributed by atoms with van der Waals surface area (Å²) < 4.78 is 12.9. The lowest BCUT2D eigenvalue weighted by Gasteiger charge is -2.10. The summed E-state index contributed by atoms with van der Waals surface area (Å²) in [6.07, 6.45) is 0.580. The van der Waals surface area contributed by atoms with E-state index in [1.807, 2.05) is 0 Å². The Morgan fingerprint density at radius 3 is 2.64 bits per heavy atom. The van der Waals surface area contributed by atoms with Crippen LogP contribution in [-0.4, -0.2) is 22.4 Å². The highest BCUT2D eigenvalue weighted by molar-refractivity contribution is 5.92. The van der Waals surface area contributed by atoms with Crippen molar-refractivity contribution in [3.63, 3.8) is 0 Å². The first-order valence-electron chi connectivity index (χ1n) is 8.69. The third-order valence-electron chi connectivity index (χ3n) is 3.99. The van der Waals surface area contributed by atoms with Crippen molar-refractivity contribution < 1.29 is 9.18 Å². The minimum absolute atomic E-state index is 0.226. The van der Waals surface area contributed by atoms with Gasteiger partial charge < -0.3 is 10.6 Å². The zero-order valence-electron chi connectivity index (χ0n) is 15.2. The van der Waals surface area contributed by atoms with Crippen LogP contribution in [0.15, 0.2) is 54.6 Å². The lowest BCUT2D eigenvalue weighted by molar-refractivity contribution is 0.0949. The molecule has 0 unspecified atom stereocenters. The van der Waals surface area contributed by atoms with Gasteiger partial charge in [0.2, 0.25) is 5.95 Å². The molecule has 0 radical (unpaired) electrons. The van der Waals surface area contributed by atoms with Gasteiger partial charge in [0.25, 0.3) is 5.91 Å². The van der Waals surface area contributed by atoms with Gasteiger partial charge in [-0.2, -0.15) is 5.26 Å². The second-order valence-electron chi connectivity index (χ2n) is 6.13. The molecule has 0 saturated carbocycles. The van der Waals surface area contributed by atoms with E-state index in [4.69, 9.17) is 0 Å². The lowest BCUT2D eigenvalue weighted by Crippen LogP contribution is -2.27. The van der Waals surface area contributed by atoms with Crippen molar-refractivity contribution in [2.45, 2.75) is 13.3 Å².